The minimum Gasteiger partial charge on any atom is -0.478 e. The van der Waals surface area contributed by atoms with E-state index in [1.54, 1.807) is 6.07 Å². The number of carboxylic acid groups (broad SMARTS) is 1. The fourth-order valence-corrected chi connectivity index (χ4v) is 1.78. The zero-order valence-corrected chi connectivity index (χ0v) is 9.01. The van der Waals surface area contributed by atoms with E-state index in [0.717, 1.165) is 11.1 Å². The van der Waals surface area contributed by atoms with Crippen LogP contribution in [0, 0.1) is 11.3 Å². The number of nitriles is 1. The number of nitrogens with zero attached hydrogens (tertiary/aromatic N) is 1. The predicted molar refractivity (Wildman–Crippen MR) is 57.1 cm³/mol. The fourth-order valence-electron chi connectivity index (χ4n) is 1.53. The normalized spacial score (nSPS) is 9.67. The maximum atomic E-state index is 10.9. The van der Waals surface area contributed by atoms with Gasteiger partial charge in [0.1, 0.15) is 6.07 Å². The van der Waals surface area contributed by atoms with Crippen molar-refractivity contribution >= 4 is 17.6 Å². The summed E-state index contributed by atoms with van der Waals surface area (Å²) in [4.78, 5) is 10.9. The van der Waals surface area contributed by atoms with Gasteiger partial charge in [-0.2, -0.15) is 5.26 Å². The van der Waals surface area contributed by atoms with Crippen LogP contribution in [0.4, 0.5) is 0 Å². The topological polar surface area (TPSA) is 61.1 Å². The highest BCUT2D eigenvalue weighted by Gasteiger charge is 2.15. The van der Waals surface area contributed by atoms with Crippen molar-refractivity contribution < 1.29 is 9.90 Å². The first-order chi connectivity index (χ1) is 7.15. The van der Waals surface area contributed by atoms with E-state index in [1.807, 2.05) is 13.0 Å². The van der Waals surface area contributed by atoms with Crippen molar-refractivity contribution in [3.63, 3.8) is 0 Å². The first-order valence-corrected chi connectivity index (χ1v) is 5.03. The van der Waals surface area contributed by atoms with Crippen molar-refractivity contribution in [1.82, 2.24) is 0 Å². The fraction of sp³-hybridized carbons (Fsp3) is 0.273. The lowest BCUT2D eigenvalue weighted by atomic mass is 9.95. The molecule has 1 N–H and O–H groups in total. The van der Waals surface area contributed by atoms with Crippen LogP contribution in [0.2, 0.25) is 0 Å². The van der Waals surface area contributed by atoms with E-state index in [0.29, 0.717) is 6.42 Å². The Morgan fingerprint density at radius 2 is 2.27 bits per heavy atom. The summed E-state index contributed by atoms with van der Waals surface area (Å²) in [5.74, 6) is -0.792. The minimum atomic E-state index is -1.08. The highest BCUT2D eigenvalue weighted by atomic mass is 35.5. The molecule has 78 valence electrons. The highest BCUT2D eigenvalue weighted by molar-refractivity contribution is 6.17. The van der Waals surface area contributed by atoms with Crippen LogP contribution >= 0.6 is 11.6 Å². The number of rotatable bonds is 3. The second-order valence-electron chi connectivity index (χ2n) is 3.03. The molecule has 0 radical (unpaired) electrons. The van der Waals surface area contributed by atoms with Gasteiger partial charge >= 0.3 is 5.97 Å². The number of aromatic carboxylic acids is 1. The Balaban J connectivity index is 3.50. The van der Waals surface area contributed by atoms with E-state index in [4.69, 9.17) is 22.0 Å². The molecule has 0 aliphatic rings. The predicted octanol–water partition coefficient (Wildman–Crippen LogP) is 2.56. The molecule has 1 aromatic rings. The Morgan fingerprint density at radius 1 is 1.60 bits per heavy atom. The zero-order chi connectivity index (χ0) is 11.4. The summed E-state index contributed by atoms with van der Waals surface area (Å²) < 4.78 is 0. The largest absolute Gasteiger partial charge is 0.478 e. The molecular weight excluding hydrogens is 214 g/mol. The summed E-state index contributed by atoms with van der Waals surface area (Å²) in [5.41, 5.74) is 1.82. The third-order valence-corrected chi connectivity index (χ3v) is 2.54. The van der Waals surface area contributed by atoms with Crippen LogP contribution in [0.15, 0.2) is 12.1 Å². The Morgan fingerprint density at radius 3 is 2.67 bits per heavy atom. The first kappa shape index (κ1) is 11.5. The number of hydrogen-bond acceptors (Lipinski definition) is 2. The molecule has 15 heavy (non-hydrogen) atoms. The first-order valence-electron chi connectivity index (χ1n) is 4.49. The molecular formula is C11H10ClNO2. The lowest BCUT2D eigenvalue weighted by Gasteiger charge is -2.09. The molecule has 0 aromatic heterocycles. The van der Waals surface area contributed by atoms with Crippen LogP contribution in [0.25, 0.3) is 0 Å². The van der Waals surface area contributed by atoms with Gasteiger partial charge in [-0.15, -0.1) is 11.6 Å². The van der Waals surface area contributed by atoms with Gasteiger partial charge in [0.15, 0.2) is 0 Å². The van der Waals surface area contributed by atoms with E-state index in [1.165, 1.54) is 6.07 Å². The number of carboxylic acids is 1. The number of benzene rings is 1. The van der Waals surface area contributed by atoms with E-state index in [2.05, 4.69) is 0 Å². The highest BCUT2D eigenvalue weighted by Crippen LogP contribution is 2.21. The third-order valence-electron chi connectivity index (χ3n) is 2.25. The second kappa shape index (κ2) is 4.81. The maximum Gasteiger partial charge on any atom is 0.337 e. The van der Waals surface area contributed by atoms with Crippen molar-refractivity contribution in [2.24, 2.45) is 0 Å². The molecule has 0 atom stereocenters. The van der Waals surface area contributed by atoms with Gasteiger partial charge < -0.3 is 5.11 Å². The molecule has 0 saturated heterocycles. The van der Waals surface area contributed by atoms with Gasteiger partial charge in [-0.05, 0) is 23.6 Å². The van der Waals surface area contributed by atoms with Crippen molar-refractivity contribution in [3.8, 4) is 6.07 Å². The minimum absolute atomic E-state index is 0.0446. The van der Waals surface area contributed by atoms with Gasteiger partial charge in [0.25, 0.3) is 0 Å². The molecule has 0 saturated carbocycles. The lowest BCUT2D eigenvalue weighted by molar-refractivity contribution is 0.0696. The average Bonchev–Trinajstić information content (AvgIpc) is 2.26. The number of alkyl halides is 1. The van der Waals surface area contributed by atoms with Crippen LogP contribution in [0.5, 0.6) is 0 Å². The van der Waals surface area contributed by atoms with Gasteiger partial charge in [-0.1, -0.05) is 13.0 Å². The summed E-state index contributed by atoms with van der Waals surface area (Å²) in [6.45, 7) is 1.87. The summed E-state index contributed by atoms with van der Waals surface area (Å²) in [7, 11) is 0. The number of halogens is 1. The van der Waals surface area contributed by atoms with Gasteiger partial charge in [0.05, 0.1) is 11.1 Å². The molecule has 0 fully saturated rings. The van der Waals surface area contributed by atoms with Gasteiger partial charge in [0.2, 0.25) is 0 Å². The molecule has 1 aromatic carbocycles. The second-order valence-corrected chi connectivity index (χ2v) is 3.30. The van der Waals surface area contributed by atoms with Crippen LogP contribution < -0.4 is 0 Å². The third kappa shape index (κ3) is 2.11. The molecule has 0 unspecified atom stereocenters. The molecule has 0 heterocycles. The molecule has 0 amide bonds. The van der Waals surface area contributed by atoms with Crippen molar-refractivity contribution in [2.45, 2.75) is 19.2 Å². The van der Waals surface area contributed by atoms with Crippen LogP contribution in [0.1, 0.15) is 34.0 Å². The smallest absolute Gasteiger partial charge is 0.337 e. The van der Waals surface area contributed by atoms with Gasteiger partial charge in [-0.25, -0.2) is 4.79 Å². The SMILES string of the molecule is CCc1c(CCl)ccc(C(=O)O)c1C#N. The van der Waals surface area contributed by atoms with E-state index >= 15 is 0 Å². The monoisotopic (exact) mass is 223 g/mol. The summed E-state index contributed by atoms with van der Waals surface area (Å²) in [6.07, 6.45) is 0.603. The van der Waals surface area contributed by atoms with Crippen LogP contribution in [0.3, 0.4) is 0 Å². The zero-order valence-electron chi connectivity index (χ0n) is 8.25. The molecule has 0 bridgehead atoms. The molecule has 0 aliphatic heterocycles. The molecule has 0 spiro atoms. The van der Waals surface area contributed by atoms with Crippen LogP contribution in [-0.2, 0) is 12.3 Å². The van der Waals surface area contributed by atoms with Crippen molar-refractivity contribution in [3.05, 3.63) is 34.4 Å². The summed E-state index contributed by atoms with van der Waals surface area (Å²) in [6, 6.07) is 5.02. The maximum absolute atomic E-state index is 10.9. The summed E-state index contributed by atoms with van der Waals surface area (Å²) in [5, 5.41) is 17.8. The Bertz CT molecular complexity index is 435. The summed E-state index contributed by atoms with van der Waals surface area (Å²) >= 11 is 5.71. The Kier molecular flexibility index (Phi) is 3.70. The van der Waals surface area contributed by atoms with Crippen molar-refractivity contribution in [1.29, 1.82) is 5.26 Å². The molecule has 3 nitrogen and oxygen atoms in total. The molecule has 4 heteroatoms. The Labute approximate surface area is 92.9 Å². The van der Waals surface area contributed by atoms with E-state index in [-0.39, 0.29) is 17.0 Å². The standard InChI is InChI=1S/C11H10ClNO2/c1-2-8-7(5-12)3-4-9(11(14)15)10(8)6-13/h3-4H,2,5H2,1H3,(H,14,15). The van der Waals surface area contributed by atoms with Gasteiger partial charge in [-0.3, -0.25) is 0 Å². The Hall–Kier alpha value is -1.53. The molecule has 0 aliphatic carbocycles. The van der Waals surface area contributed by atoms with Crippen molar-refractivity contribution in [2.75, 3.05) is 0 Å². The van der Waals surface area contributed by atoms with E-state index < -0.39 is 5.97 Å². The number of hydrogen-bond donors (Lipinski definition) is 1. The van der Waals surface area contributed by atoms with E-state index in [9.17, 15) is 4.79 Å². The molecule has 1 rings (SSSR count). The van der Waals surface area contributed by atoms with Gasteiger partial charge in [0, 0.05) is 5.88 Å². The average molecular weight is 224 g/mol. The lowest BCUT2D eigenvalue weighted by Crippen LogP contribution is -2.05. The van der Waals surface area contributed by atoms with Crippen LogP contribution in [-0.4, -0.2) is 11.1 Å². The number of carbonyl (C=O) groups is 1. The quantitative estimate of drug-likeness (QED) is 0.801.